The van der Waals surface area contributed by atoms with Gasteiger partial charge in [-0.3, -0.25) is 10.1 Å². The van der Waals surface area contributed by atoms with Gasteiger partial charge in [0, 0.05) is 5.69 Å². The Labute approximate surface area is 165 Å². The van der Waals surface area contributed by atoms with Crippen LogP contribution in [-0.2, 0) is 9.53 Å². The zero-order valence-corrected chi connectivity index (χ0v) is 15.7. The van der Waals surface area contributed by atoms with Crippen molar-refractivity contribution < 1.29 is 19.1 Å². The molecular weight excluding hydrogens is 376 g/mol. The highest BCUT2D eigenvalue weighted by molar-refractivity contribution is 6.02. The maximum atomic E-state index is 12.3. The summed E-state index contributed by atoms with van der Waals surface area (Å²) in [4.78, 5) is 36.3. The van der Waals surface area contributed by atoms with Crippen molar-refractivity contribution in [1.82, 2.24) is 25.5 Å². The first kappa shape index (κ1) is 19.7. The van der Waals surface area contributed by atoms with Crippen LogP contribution in [0.15, 0.2) is 48.8 Å². The summed E-state index contributed by atoms with van der Waals surface area (Å²) in [5, 5.41) is 15.5. The van der Waals surface area contributed by atoms with Crippen LogP contribution < -0.4 is 10.6 Å². The maximum Gasteiger partial charge on any atom is 0.340 e. The Hall–Kier alpha value is -4.08. The first-order chi connectivity index (χ1) is 13.9. The Morgan fingerprint density at radius 3 is 2.62 bits per heavy atom. The lowest BCUT2D eigenvalue weighted by Gasteiger charge is -2.11. The van der Waals surface area contributed by atoms with Gasteiger partial charge >= 0.3 is 12.0 Å². The molecule has 0 saturated heterocycles. The fourth-order valence-corrected chi connectivity index (χ4v) is 2.60. The van der Waals surface area contributed by atoms with Gasteiger partial charge in [0.25, 0.3) is 5.91 Å². The number of carbonyl (C=O) groups excluding carboxylic acids is 3. The monoisotopic (exact) mass is 394 g/mol. The smallest absolute Gasteiger partial charge is 0.340 e. The van der Waals surface area contributed by atoms with E-state index >= 15 is 0 Å². The second kappa shape index (κ2) is 8.74. The summed E-state index contributed by atoms with van der Waals surface area (Å²) in [5.41, 5.74) is 3.06. The largest absolute Gasteiger partial charge is 0.452 e. The number of anilines is 1. The van der Waals surface area contributed by atoms with Crippen LogP contribution in [-0.4, -0.2) is 44.7 Å². The minimum atomic E-state index is -0.763. The predicted octanol–water partition coefficient (Wildman–Crippen LogP) is 1.78. The molecule has 2 N–H and O–H groups in total. The van der Waals surface area contributed by atoms with E-state index in [9.17, 15) is 14.4 Å². The van der Waals surface area contributed by atoms with Gasteiger partial charge in [-0.15, -0.1) is 5.10 Å². The van der Waals surface area contributed by atoms with Crippen LogP contribution in [0.4, 0.5) is 10.5 Å². The molecule has 0 atom stereocenters. The highest BCUT2D eigenvalue weighted by atomic mass is 16.5. The van der Waals surface area contributed by atoms with Crippen molar-refractivity contribution in [3.63, 3.8) is 0 Å². The lowest BCUT2D eigenvalue weighted by Crippen LogP contribution is -2.37. The average Bonchev–Trinajstić information content (AvgIpc) is 3.23. The minimum absolute atomic E-state index is 0.173. The summed E-state index contributed by atoms with van der Waals surface area (Å²) < 4.78 is 6.31. The van der Waals surface area contributed by atoms with Crippen molar-refractivity contribution in [2.24, 2.45) is 0 Å². The molecule has 0 bridgehead atoms. The average molecular weight is 394 g/mol. The number of tetrazole rings is 1. The van der Waals surface area contributed by atoms with Gasteiger partial charge in [0.2, 0.25) is 0 Å². The number of urea groups is 1. The lowest BCUT2D eigenvalue weighted by atomic mass is 10.1. The number of benzene rings is 2. The molecule has 0 aliphatic rings. The van der Waals surface area contributed by atoms with Crippen molar-refractivity contribution in [3.05, 3.63) is 65.5 Å². The Kier molecular flexibility index (Phi) is 5.93. The summed E-state index contributed by atoms with van der Waals surface area (Å²) >= 11 is 0. The number of aromatic nitrogens is 4. The molecule has 148 valence electrons. The second-order valence-electron chi connectivity index (χ2n) is 6.17. The van der Waals surface area contributed by atoms with E-state index in [-0.39, 0.29) is 5.56 Å². The second-order valence-corrected chi connectivity index (χ2v) is 6.17. The van der Waals surface area contributed by atoms with Gasteiger partial charge in [-0.2, -0.15) is 4.68 Å². The van der Waals surface area contributed by atoms with Crippen LogP contribution in [0.5, 0.6) is 0 Å². The third-order valence-electron chi connectivity index (χ3n) is 3.94. The van der Waals surface area contributed by atoms with E-state index < -0.39 is 24.5 Å². The first-order valence-electron chi connectivity index (χ1n) is 8.61. The molecule has 29 heavy (non-hydrogen) atoms. The van der Waals surface area contributed by atoms with Crippen LogP contribution >= 0.6 is 0 Å². The standard InChI is InChI=1S/C19H18N6O4/c1-12-7-8-15(13(2)9-12)21-19(28)22-17(26)10-29-18(27)14-5-3-4-6-16(14)25-11-20-23-24-25/h3-9,11H,10H2,1-2H3,(H2,21,22,26,28). The van der Waals surface area contributed by atoms with Gasteiger partial charge < -0.3 is 10.1 Å². The minimum Gasteiger partial charge on any atom is -0.452 e. The Morgan fingerprint density at radius 1 is 1.10 bits per heavy atom. The molecule has 0 fully saturated rings. The molecule has 3 rings (SSSR count). The zero-order chi connectivity index (χ0) is 20.8. The predicted molar refractivity (Wildman–Crippen MR) is 103 cm³/mol. The van der Waals surface area contributed by atoms with Crippen molar-refractivity contribution in [3.8, 4) is 5.69 Å². The molecule has 0 aliphatic heterocycles. The number of imide groups is 1. The summed E-state index contributed by atoms with van der Waals surface area (Å²) in [7, 11) is 0. The topological polar surface area (TPSA) is 128 Å². The van der Waals surface area contributed by atoms with Gasteiger partial charge in [-0.1, -0.05) is 29.8 Å². The van der Waals surface area contributed by atoms with E-state index in [2.05, 4.69) is 26.2 Å². The number of rotatable bonds is 5. The quantitative estimate of drug-likeness (QED) is 0.631. The van der Waals surface area contributed by atoms with Gasteiger partial charge in [-0.25, -0.2) is 9.59 Å². The van der Waals surface area contributed by atoms with Gasteiger partial charge in [0.1, 0.15) is 6.33 Å². The number of esters is 1. The maximum absolute atomic E-state index is 12.3. The fourth-order valence-electron chi connectivity index (χ4n) is 2.60. The number of nitrogens with zero attached hydrogens (tertiary/aromatic N) is 4. The Bertz CT molecular complexity index is 1050. The Morgan fingerprint density at radius 2 is 1.90 bits per heavy atom. The molecule has 0 saturated carbocycles. The van der Waals surface area contributed by atoms with Crippen LogP contribution in [0.3, 0.4) is 0 Å². The molecule has 1 heterocycles. The Balaban J connectivity index is 1.56. The van der Waals surface area contributed by atoms with E-state index in [4.69, 9.17) is 4.74 Å². The molecule has 0 radical (unpaired) electrons. The summed E-state index contributed by atoms with van der Waals surface area (Å²) in [6.07, 6.45) is 1.33. The van der Waals surface area contributed by atoms with Crippen molar-refractivity contribution in [1.29, 1.82) is 0 Å². The number of hydrogen-bond acceptors (Lipinski definition) is 7. The molecule has 1 aromatic heterocycles. The number of hydrogen-bond donors (Lipinski definition) is 2. The van der Waals surface area contributed by atoms with Crippen molar-refractivity contribution >= 4 is 23.6 Å². The lowest BCUT2D eigenvalue weighted by molar-refractivity contribution is -0.123. The highest BCUT2D eigenvalue weighted by Gasteiger charge is 2.17. The number of ether oxygens (including phenoxy) is 1. The van der Waals surface area contributed by atoms with Crippen molar-refractivity contribution in [2.75, 3.05) is 11.9 Å². The first-order valence-corrected chi connectivity index (χ1v) is 8.61. The highest BCUT2D eigenvalue weighted by Crippen LogP contribution is 2.16. The SMILES string of the molecule is Cc1ccc(NC(=O)NC(=O)COC(=O)c2ccccc2-n2cnnn2)c(C)c1. The number of para-hydroxylation sites is 1. The molecule has 3 aromatic rings. The van der Waals surface area contributed by atoms with Crippen LogP contribution in [0.25, 0.3) is 5.69 Å². The van der Waals surface area contributed by atoms with E-state index in [1.54, 1.807) is 24.3 Å². The molecule has 2 aromatic carbocycles. The van der Waals surface area contributed by atoms with Gasteiger partial charge in [0.15, 0.2) is 6.61 Å². The van der Waals surface area contributed by atoms with Crippen LogP contribution in [0.2, 0.25) is 0 Å². The molecule has 0 unspecified atom stereocenters. The van der Waals surface area contributed by atoms with E-state index in [1.165, 1.54) is 17.1 Å². The summed E-state index contributed by atoms with van der Waals surface area (Å²) in [6.45, 7) is 3.16. The number of nitrogens with one attached hydrogen (secondary N) is 2. The molecule has 0 spiro atoms. The van der Waals surface area contributed by atoms with Crippen molar-refractivity contribution in [2.45, 2.75) is 13.8 Å². The molecule has 10 heteroatoms. The number of aryl methyl sites for hydroxylation is 2. The summed E-state index contributed by atoms with van der Waals surface area (Å²) in [6, 6.07) is 11.3. The molecule has 3 amide bonds. The third kappa shape index (κ3) is 5.01. The summed E-state index contributed by atoms with van der Waals surface area (Å²) in [5.74, 6) is -1.51. The molecule has 0 aliphatic carbocycles. The fraction of sp³-hybridized carbons (Fsp3) is 0.158. The molecular formula is C19H18N6O4. The molecule has 10 nitrogen and oxygen atoms in total. The number of carbonyl (C=O) groups is 3. The zero-order valence-electron chi connectivity index (χ0n) is 15.7. The van der Waals surface area contributed by atoms with Gasteiger partial charge in [0.05, 0.1) is 11.3 Å². The number of amides is 3. The van der Waals surface area contributed by atoms with E-state index in [1.807, 2.05) is 26.0 Å². The van der Waals surface area contributed by atoms with Gasteiger partial charge in [-0.05, 0) is 48.0 Å². The normalized spacial score (nSPS) is 10.3. The van der Waals surface area contributed by atoms with E-state index in [0.29, 0.717) is 11.4 Å². The van der Waals surface area contributed by atoms with E-state index in [0.717, 1.165) is 11.1 Å². The third-order valence-corrected chi connectivity index (χ3v) is 3.94. The van der Waals surface area contributed by atoms with Crippen LogP contribution in [0.1, 0.15) is 21.5 Å². The van der Waals surface area contributed by atoms with Crippen LogP contribution in [0, 0.1) is 13.8 Å².